The van der Waals surface area contributed by atoms with Gasteiger partial charge in [0.1, 0.15) is 5.82 Å². The maximum Gasteiger partial charge on any atom is 0.251 e. The highest BCUT2D eigenvalue weighted by Crippen LogP contribution is 2.34. The molecular formula is C21H21N3O3. The molecule has 1 aliphatic carbocycles. The lowest BCUT2D eigenvalue weighted by Gasteiger charge is -2.31. The summed E-state index contributed by atoms with van der Waals surface area (Å²) >= 11 is 0. The molecule has 0 spiro atoms. The summed E-state index contributed by atoms with van der Waals surface area (Å²) in [6.07, 6.45) is 7.96. The first-order valence-corrected chi connectivity index (χ1v) is 9.40. The second kappa shape index (κ2) is 6.61. The zero-order valence-corrected chi connectivity index (χ0v) is 14.9. The number of rotatable bonds is 3. The minimum atomic E-state index is -0.0517. The van der Waals surface area contributed by atoms with Gasteiger partial charge in [-0.3, -0.25) is 4.79 Å². The van der Waals surface area contributed by atoms with Crippen LogP contribution in [0.1, 0.15) is 42.1 Å². The SMILES string of the molecule is O=C(NC1CCC(n2cccc3ccnc2-3)CC1)c1ccc2c(c1)OCO2. The van der Waals surface area contributed by atoms with Crippen molar-refractivity contribution < 1.29 is 14.3 Å². The fraction of sp³-hybridized carbons (Fsp3) is 0.333. The lowest BCUT2D eigenvalue weighted by atomic mass is 9.90. The van der Waals surface area contributed by atoms with Crippen molar-refractivity contribution in [1.82, 2.24) is 14.9 Å². The molecule has 1 aromatic rings. The fourth-order valence-corrected chi connectivity index (χ4v) is 4.09. The third-order valence-electron chi connectivity index (χ3n) is 5.54. The van der Waals surface area contributed by atoms with Crippen LogP contribution in [0.4, 0.5) is 0 Å². The second-order valence-electron chi connectivity index (χ2n) is 7.19. The van der Waals surface area contributed by atoms with Crippen molar-refractivity contribution in [3.05, 3.63) is 54.4 Å². The molecule has 6 nitrogen and oxygen atoms in total. The van der Waals surface area contributed by atoms with Crippen LogP contribution in [-0.4, -0.2) is 28.3 Å². The van der Waals surface area contributed by atoms with Crippen molar-refractivity contribution in [3.63, 3.8) is 0 Å². The average molecular weight is 363 g/mol. The van der Waals surface area contributed by atoms with Crippen molar-refractivity contribution in [1.29, 1.82) is 0 Å². The van der Waals surface area contributed by atoms with Gasteiger partial charge < -0.3 is 19.4 Å². The summed E-state index contributed by atoms with van der Waals surface area (Å²) in [6, 6.07) is 12.2. The Balaban J connectivity index is 1.22. The van der Waals surface area contributed by atoms with E-state index in [1.165, 1.54) is 5.56 Å². The van der Waals surface area contributed by atoms with Gasteiger partial charge in [-0.05, 0) is 62.1 Å². The predicted octanol–water partition coefficient (Wildman–Crippen LogP) is 3.63. The normalized spacial score (nSPS) is 21.3. The van der Waals surface area contributed by atoms with Gasteiger partial charge in [-0.15, -0.1) is 0 Å². The second-order valence-corrected chi connectivity index (χ2v) is 7.19. The zero-order valence-electron chi connectivity index (χ0n) is 14.9. The Labute approximate surface area is 157 Å². The average Bonchev–Trinajstić information content (AvgIpc) is 3.37. The highest BCUT2D eigenvalue weighted by atomic mass is 16.7. The molecule has 0 radical (unpaired) electrons. The van der Waals surface area contributed by atoms with Crippen LogP contribution in [0.5, 0.6) is 11.5 Å². The number of carbonyl (C=O) groups excluding carboxylic acids is 1. The third kappa shape index (κ3) is 3.01. The van der Waals surface area contributed by atoms with Crippen molar-refractivity contribution in [3.8, 4) is 22.9 Å². The molecule has 27 heavy (non-hydrogen) atoms. The van der Waals surface area contributed by atoms with Gasteiger partial charge in [0.2, 0.25) is 6.79 Å². The van der Waals surface area contributed by atoms with Crippen LogP contribution in [0.3, 0.4) is 0 Å². The van der Waals surface area contributed by atoms with E-state index in [0.717, 1.165) is 31.5 Å². The summed E-state index contributed by atoms with van der Waals surface area (Å²) in [5.74, 6) is 2.33. The van der Waals surface area contributed by atoms with E-state index in [2.05, 4.69) is 33.2 Å². The van der Waals surface area contributed by atoms with Gasteiger partial charge in [0.05, 0.1) is 0 Å². The highest BCUT2D eigenvalue weighted by molar-refractivity contribution is 5.95. The van der Waals surface area contributed by atoms with Gasteiger partial charge in [0, 0.05) is 35.6 Å². The summed E-state index contributed by atoms with van der Waals surface area (Å²) < 4.78 is 12.9. The zero-order chi connectivity index (χ0) is 18.2. The van der Waals surface area contributed by atoms with Gasteiger partial charge in [-0.25, -0.2) is 4.98 Å². The molecule has 1 saturated carbocycles. The Hall–Kier alpha value is -3.02. The standard InChI is InChI=1S/C21H21N3O3/c25-21(15-3-8-18-19(12-15)27-13-26-18)23-16-4-6-17(7-5-16)24-11-1-2-14-9-10-22-20(14)24/h1-3,8-12,16-17H,4-7,13H2,(H,23,25). The summed E-state index contributed by atoms with van der Waals surface area (Å²) in [4.78, 5) is 17.1. The number of ether oxygens (including phenoxy) is 2. The van der Waals surface area contributed by atoms with Crippen molar-refractivity contribution in [2.45, 2.75) is 37.8 Å². The minimum absolute atomic E-state index is 0.0517. The van der Waals surface area contributed by atoms with E-state index < -0.39 is 0 Å². The number of fused-ring (bicyclic) bond motifs is 2. The fourth-order valence-electron chi connectivity index (χ4n) is 4.09. The highest BCUT2D eigenvalue weighted by Gasteiger charge is 2.26. The van der Waals surface area contributed by atoms with Gasteiger partial charge in [-0.2, -0.15) is 0 Å². The monoisotopic (exact) mass is 363 g/mol. The number of amides is 1. The Morgan fingerprint density at radius 3 is 2.81 bits per heavy atom. The van der Waals surface area contributed by atoms with E-state index in [1.54, 1.807) is 18.2 Å². The van der Waals surface area contributed by atoms with Crippen LogP contribution in [-0.2, 0) is 0 Å². The number of nitrogens with zero attached hydrogens (tertiary/aromatic N) is 2. The van der Waals surface area contributed by atoms with Crippen LogP contribution in [0.15, 0.2) is 48.8 Å². The first kappa shape index (κ1) is 16.2. The number of hydrogen-bond acceptors (Lipinski definition) is 4. The molecule has 1 fully saturated rings. The van der Waals surface area contributed by atoms with E-state index in [0.29, 0.717) is 23.1 Å². The van der Waals surface area contributed by atoms with Gasteiger partial charge in [0.15, 0.2) is 11.5 Å². The predicted molar refractivity (Wildman–Crippen MR) is 100 cm³/mol. The van der Waals surface area contributed by atoms with Crippen molar-refractivity contribution in [2.24, 2.45) is 0 Å². The minimum Gasteiger partial charge on any atom is -0.454 e. The molecule has 3 heterocycles. The molecule has 4 aliphatic rings. The van der Waals surface area contributed by atoms with Crippen LogP contribution in [0.25, 0.3) is 11.4 Å². The Bertz CT molecular complexity index is 943. The van der Waals surface area contributed by atoms with Gasteiger partial charge >= 0.3 is 0 Å². The van der Waals surface area contributed by atoms with Crippen molar-refractivity contribution >= 4 is 5.91 Å². The summed E-state index contributed by atoms with van der Waals surface area (Å²) in [7, 11) is 0. The number of nitrogens with one attached hydrogen (secondary N) is 1. The quantitative estimate of drug-likeness (QED) is 0.772. The number of pyridine rings is 1. The number of carbonyl (C=O) groups is 1. The largest absolute Gasteiger partial charge is 0.454 e. The number of benzene rings is 1. The molecule has 0 bridgehead atoms. The van der Waals surface area contributed by atoms with Crippen LogP contribution in [0.2, 0.25) is 0 Å². The first-order valence-electron chi connectivity index (χ1n) is 9.40. The summed E-state index contributed by atoms with van der Waals surface area (Å²) in [6.45, 7) is 0.215. The lowest BCUT2D eigenvalue weighted by molar-refractivity contribution is 0.0922. The Morgan fingerprint density at radius 1 is 1.07 bits per heavy atom. The number of aromatic nitrogens is 2. The van der Waals surface area contributed by atoms with E-state index >= 15 is 0 Å². The van der Waals surface area contributed by atoms with E-state index in [4.69, 9.17) is 9.47 Å². The molecule has 5 rings (SSSR count). The lowest BCUT2D eigenvalue weighted by Crippen LogP contribution is -2.38. The molecule has 0 aromatic heterocycles. The van der Waals surface area contributed by atoms with Gasteiger partial charge in [0.25, 0.3) is 5.91 Å². The molecule has 1 amide bonds. The molecule has 6 heteroatoms. The van der Waals surface area contributed by atoms with Crippen LogP contribution < -0.4 is 14.8 Å². The van der Waals surface area contributed by atoms with Crippen LogP contribution in [0, 0.1) is 0 Å². The molecule has 1 N–H and O–H groups in total. The van der Waals surface area contributed by atoms with E-state index in [1.807, 2.05) is 12.3 Å². The van der Waals surface area contributed by atoms with E-state index in [9.17, 15) is 4.79 Å². The van der Waals surface area contributed by atoms with Crippen molar-refractivity contribution in [2.75, 3.05) is 6.79 Å². The molecule has 3 aliphatic heterocycles. The molecular weight excluding hydrogens is 342 g/mol. The molecule has 1 aromatic carbocycles. The first-order chi connectivity index (χ1) is 13.3. The maximum absolute atomic E-state index is 12.6. The van der Waals surface area contributed by atoms with Crippen LogP contribution >= 0.6 is 0 Å². The molecule has 0 saturated heterocycles. The molecule has 0 unspecified atom stereocenters. The maximum atomic E-state index is 12.6. The van der Waals surface area contributed by atoms with Gasteiger partial charge in [-0.1, -0.05) is 0 Å². The Kier molecular flexibility index (Phi) is 3.96. The van der Waals surface area contributed by atoms with E-state index in [-0.39, 0.29) is 18.7 Å². The third-order valence-corrected chi connectivity index (χ3v) is 5.54. The summed E-state index contributed by atoms with van der Waals surface area (Å²) in [5, 5.41) is 3.17. The Morgan fingerprint density at radius 2 is 1.93 bits per heavy atom. The topological polar surface area (TPSA) is 65.4 Å². The number of hydrogen-bond donors (Lipinski definition) is 1. The molecule has 0 atom stereocenters. The molecule has 138 valence electrons. The summed E-state index contributed by atoms with van der Waals surface area (Å²) in [5.41, 5.74) is 1.79. The smallest absolute Gasteiger partial charge is 0.251 e.